The van der Waals surface area contributed by atoms with Crippen molar-refractivity contribution in [3.8, 4) is 0 Å². The molecule has 0 fully saturated rings. The highest BCUT2D eigenvalue weighted by molar-refractivity contribution is 5.91. The minimum Gasteiger partial charge on any atom is -0.478 e. The average molecular weight is 502 g/mol. The summed E-state index contributed by atoms with van der Waals surface area (Å²) in [5, 5.41) is 12.6. The number of rotatable bonds is 11. The Kier molecular flexibility index (Phi) is 10.9. The van der Waals surface area contributed by atoms with Gasteiger partial charge < -0.3 is 20.2 Å². The fraction of sp³-hybridized carbons (Fsp3) is 0.621. The van der Waals surface area contributed by atoms with Crippen molar-refractivity contribution < 1.29 is 19.5 Å². The molecule has 0 aliphatic heterocycles. The fourth-order valence-corrected chi connectivity index (χ4v) is 4.94. The lowest BCUT2D eigenvalue weighted by atomic mass is 9.77. The predicted octanol–water partition coefficient (Wildman–Crippen LogP) is 4.23. The molecule has 0 aliphatic carbocycles. The van der Waals surface area contributed by atoms with Crippen LogP contribution in [0, 0.1) is 16.7 Å². The zero-order valence-electron chi connectivity index (χ0n) is 24.0. The number of carboxylic acid groups (broad SMARTS) is 1. The zero-order chi connectivity index (χ0) is 28.0. The van der Waals surface area contributed by atoms with Crippen molar-refractivity contribution in [3.63, 3.8) is 0 Å². The highest BCUT2D eigenvalue weighted by Crippen LogP contribution is 2.31. The second kappa shape index (κ2) is 12.5. The van der Waals surface area contributed by atoms with Crippen LogP contribution in [0.1, 0.15) is 61.0 Å². The van der Waals surface area contributed by atoms with Crippen LogP contribution >= 0.6 is 0 Å². The molecule has 2 amide bonds. The number of nitrogens with zero attached hydrogens (tertiary/aromatic N) is 2. The van der Waals surface area contributed by atoms with Gasteiger partial charge in [-0.1, -0.05) is 84.9 Å². The fourth-order valence-electron chi connectivity index (χ4n) is 4.94. The number of aliphatic carboxylic acids is 1. The number of amides is 2. The Morgan fingerprint density at radius 2 is 1.50 bits per heavy atom. The summed E-state index contributed by atoms with van der Waals surface area (Å²) in [6.07, 6.45) is 2.31. The van der Waals surface area contributed by atoms with Crippen molar-refractivity contribution in [1.82, 2.24) is 15.1 Å². The van der Waals surface area contributed by atoms with Crippen molar-refractivity contribution in [1.29, 1.82) is 0 Å². The summed E-state index contributed by atoms with van der Waals surface area (Å²) >= 11 is 0. The van der Waals surface area contributed by atoms with Crippen LogP contribution in [-0.2, 0) is 20.8 Å². The Bertz CT molecular complexity index is 932. The lowest BCUT2D eigenvalue weighted by Crippen LogP contribution is -2.61. The van der Waals surface area contributed by atoms with Crippen LogP contribution in [0.4, 0.5) is 0 Å². The number of carboxylic acids is 1. The van der Waals surface area contributed by atoms with Gasteiger partial charge in [0.1, 0.15) is 6.04 Å². The molecule has 1 rings (SSSR count). The third kappa shape index (κ3) is 7.92. The highest BCUT2D eigenvalue weighted by Gasteiger charge is 2.44. The first-order valence-electron chi connectivity index (χ1n) is 12.6. The van der Waals surface area contributed by atoms with E-state index >= 15 is 0 Å². The number of carbonyl (C=O) groups excluding carboxylic acids is 2. The summed E-state index contributed by atoms with van der Waals surface area (Å²) < 4.78 is 0. The van der Waals surface area contributed by atoms with Gasteiger partial charge in [-0.2, -0.15) is 0 Å². The van der Waals surface area contributed by atoms with Crippen LogP contribution in [0.3, 0.4) is 0 Å². The topological polar surface area (TPSA) is 90.0 Å². The molecular weight excluding hydrogens is 454 g/mol. The van der Waals surface area contributed by atoms with E-state index in [1.807, 2.05) is 52.8 Å². The van der Waals surface area contributed by atoms with Crippen molar-refractivity contribution in [2.24, 2.45) is 16.7 Å². The van der Waals surface area contributed by atoms with E-state index in [9.17, 15) is 19.5 Å². The molecule has 0 saturated carbocycles. The third-order valence-corrected chi connectivity index (χ3v) is 6.84. The number of carbonyl (C=O) groups is 3. The lowest BCUT2D eigenvalue weighted by molar-refractivity contribution is -0.152. The molecule has 7 nitrogen and oxygen atoms in total. The second-order valence-corrected chi connectivity index (χ2v) is 11.9. The summed E-state index contributed by atoms with van der Waals surface area (Å²) in [4.78, 5) is 42.4. The largest absolute Gasteiger partial charge is 0.478 e. The van der Waals surface area contributed by atoms with Gasteiger partial charge in [0.25, 0.3) is 0 Å². The summed E-state index contributed by atoms with van der Waals surface area (Å²) in [6, 6.07) is 8.39. The molecule has 36 heavy (non-hydrogen) atoms. The zero-order valence-corrected chi connectivity index (χ0v) is 24.0. The van der Waals surface area contributed by atoms with E-state index < -0.39 is 34.9 Å². The monoisotopic (exact) mass is 501 g/mol. The average Bonchev–Trinajstić information content (AvgIpc) is 2.75. The maximum Gasteiger partial charge on any atom is 0.331 e. The Morgan fingerprint density at radius 1 is 0.972 bits per heavy atom. The molecule has 1 aromatic carbocycles. The van der Waals surface area contributed by atoms with Crippen molar-refractivity contribution in [2.45, 2.75) is 79.9 Å². The Balaban J connectivity index is 3.35. The van der Waals surface area contributed by atoms with E-state index in [4.69, 9.17) is 0 Å². The molecule has 0 aromatic heterocycles. The van der Waals surface area contributed by atoms with Gasteiger partial charge in [0.05, 0.1) is 12.1 Å². The molecular formula is C29H47N3O4. The van der Waals surface area contributed by atoms with E-state index in [1.54, 1.807) is 37.0 Å². The Morgan fingerprint density at radius 3 is 1.92 bits per heavy atom. The SMILES string of the molecule is CN[C@@H](C(=O)N(C)[C@H](C(=O)N(C)[C@H](/C=C(\C)C(=O)O)C(C)C)C(C)(C)C)C(C)(C)Cc1ccccc1. The number of hydrogen-bond donors (Lipinski definition) is 2. The smallest absolute Gasteiger partial charge is 0.331 e. The molecule has 1 aromatic rings. The number of nitrogens with one attached hydrogen (secondary N) is 1. The van der Waals surface area contributed by atoms with Crippen LogP contribution in [-0.4, -0.2) is 72.0 Å². The molecule has 202 valence electrons. The Hall–Kier alpha value is -2.67. The molecule has 7 heteroatoms. The maximum absolute atomic E-state index is 13.9. The van der Waals surface area contributed by atoms with Gasteiger partial charge >= 0.3 is 5.97 Å². The predicted molar refractivity (Wildman–Crippen MR) is 146 cm³/mol. The van der Waals surface area contributed by atoms with Crippen LogP contribution in [0.2, 0.25) is 0 Å². The van der Waals surface area contributed by atoms with Gasteiger partial charge in [0.2, 0.25) is 11.8 Å². The summed E-state index contributed by atoms with van der Waals surface area (Å²) in [5.41, 5.74) is 0.357. The minimum atomic E-state index is -1.02. The highest BCUT2D eigenvalue weighted by atomic mass is 16.4. The van der Waals surface area contributed by atoms with Gasteiger partial charge in [-0.3, -0.25) is 9.59 Å². The van der Waals surface area contributed by atoms with Crippen LogP contribution in [0.5, 0.6) is 0 Å². The van der Waals surface area contributed by atoms with Gasteiger partial charge in [0.15, 0.2) is 0 Å². The molecule has 3 atom stereocenters. The summed E-state index contributed by atoms with van der Waals surface area (Å²) in [6.45, 7) is 15.4. The molecule has 0 saturated heterocycles. The van der Waals surface area contributed by atoms with E-state index in [0.29, 0.717) is 6.42 Å². The molecule has 2 N–H and O–H groups in total. The van der Waals surface area contributed by atoms with Gasteiger partial charge in [-0.25, -0.2) is 4.79 Å². The summed E-state index contributed by atoms with van der Waals surface area (Å²) in [7, 11) is 5.15. The van der Waals surface area contributed by atoms with Crippen LogP contribution < -0.4 is 5.32 Å². The van der Waals surface area contributed by atoms with Crippen molar-refractivity contribution in [2.75, 3.05) is 21.1 Å². The molecule has 0 spiro atoms. The van der Waals surface area contributed by atoms with Gasteiger partial charge in [-0.05, 0) is 42.7 Å². The normalized spacial score (nSPS) is 15.3. The minimum absolute atomic E-state index is 0.00950. The van der Waals surface area contributed by atoms with Crippen molar-refractivity contribution in [3.05, 3.63) is 47.5 Å². The molecule has 0 radical (unpaired) electrons. The first kappa shape index (κ1) is 31.4. The number of hydrogen-bond acceptors (Lipinski definition) is 4. The van der Waals surface area contributed by atoms with E-state index in [0.717, 1.165) is 5.56 Å². The number of likely N-dealkylation sites (N-methyl/N-ethyl adjacent to an activating group) is 3. The van der Waals surface area contributed by atoms with Crippen LogP contribution in [0.25, 0.3) is 0 Å². The standard InChI is InChI=1S/C29H47N3O4/c1-19(2)22(17-20(3)27(35)36)31(10)26(34)24(28(4,5)6)32(11)25(33)23(30-9)29(7,8)18-21-15-13-12-14-16-21/h12-17,19,22-24,30H,18H2,1-11H3,(H,35,36)/b20-17+/t22-,23+,24-/m1/s1. The second-order valence-electron chi connectivity index (χ2n) is 11.9. The first-order valence-corrected chi connectivity index (χ1v) is 12.6. The van der Waals surface area contributed by atoms with E-state index in [-0.39, 0.29) is 23.3 Å². The molecule has 0 unspecified atom stereocenters. The molecule has 0 heterocycles. The summed E-state index contributed by atoms with van der Waals surface area (Å²) in [5.74, 6) is -1.40. The van der Waals surface area contributed by atoms with E-state index in [2.05, 4.69) is 31.3 Å². The van der Waals surface area contributed by atoms with E-state index in [1.165, 1.54) is 6.92 Å². The first-order chi connectivity index (χ1) is 16.5. The number of benzene rings is 1. The van der Waals surface area contributed by atoms with Crippen molar-refractivity contribution >= 4 is 17.8 Å². The van der Waals surface area contributed by atoms with Gasteiger partial charge in [-0.15, -0.1) is 0 Å². The third-order valence-electron chi connectivity index (χ3n) is 6.84. The maximum atomic E-state index is 13.9. The van der Waals surface area contributed by atoms with Crippen LogP contribution in [0.15, 0.2) is 42.0 Å². The lowest BCUT2D eigenvalue weighted by Gasteiger charge is -2.44. The molecule has 0 aliphatic rings. The Labute approximate surface area is 217 Å². The quantitative estimate of drug-likeness (QED) is 0.443. The molecule has 0 bridgehead atoms. The van der Waals surface area contributed by atoms with Gasteiger partial charge in [0, 0.05) is 19.7 Å².